The largest absolute Gasteiger partial charge is 0.495 e. The number of nitrogens with one attached hydrogen (secondary N) is 1. The smallest absolute Gasteiger partial charge is 0.178 e. The van der Waals surface area contributed by atoms with E-state index in [0.29, 0.717) is 24.7 Å². The van der Waals surface area contributed by atoms with E-state index in [9.17, 15) is 0 Å². The van der Waals surface area contributed by atoms with Gasteiger partial charge < -0.3 is 18.9 Å². The molecule has 0 bridgehead atoms. The molecule has 0 saturated carbocycles. The first-order chi connectivity index (χ1) is 10.1. The van der Waals surface area contributed by atoms with Crippen molar-refractivity contribution < 1.29 is 18.9 Å². The Bertz CT molecular complexity index is 439. The zero-order chi connectivity index (χ0) is 15.8. The third kappa shape index (κ3) is 4.31. The number of halogens is 1. The molecule has 21 heavy (non-hydrogen) atoms. The maximum absolute atomic E-state index is 5.70. The van der Waals surface area contributed by atoms with Crippen molar-refractivity contribution in [2.75, 3.05) is 27.4 Å². The number of ether oxygens (including phenoxy) is 4. The molecule has 7 heteroatoms. The van der Waals surface area contributed by atoms with Crippen molar-refractivity contribution in [2.45, 2.75) is 26.2 Å². The average molecular weight is 363 g/mol. The molecule has 0 fully saturated rings. The fourth-order valence-corrected chi connectivity index (χ4v) is 2.73. The molecule has 0 spiro atoms. The van der Waals surface area contributed by atoms with E-state index in [4.69, 9.17) is 24.8 Å². The van der Waals surface area contributed by atoms with Crippen molar-refractivity contribution in [3.63, 3.8) is 0 Å². The molecule has 1 atom stereocenters. The van der Waals surface area contributed by atoms with Crippen LogP contribution in [0.15, 0.2) is 16.6 Å². The van der Waals surface area contributed by atoms with Crippen LogP contribution in [-0.4, -0.2) is 33.7 Å². The topological polar surface area (TPSA) is 75.0 Å². The van der Waals surface area contributed by atoms with Crippen LogP contribution in [0.5, 0.6) is 11.5 Å². The molecule has 0 aliphatic heterocycles. The van der Waals surface area contributed by atoms with Crippen LogP contribution in [-0.2, 0) is 9.47 Å². The molecule has 0 saturated heterocycles. The molecule has 0 radical (unpaired) electrons. The number of hydrogen-bond acceptors (Lipinski definition) is 6. The van der Waals surface area contributed by atoms with Gasteiger partial charge in [0.25, 0.3) is 0 Å². The number of nitrogens with two attached hydrogens (primary N) is 1. The molecule has 1 aromatic carbocycles. The van der Waals surface area contributed by atoms with Gasteiger partial charge in [0.15, 0.2) is 6.29 Å². The minimum Gasteiger partial charge on any atom is -0.495 e. The average Bonchev–Trinajstić information content (AvgIpc) is 2.49. The summed E-state index contributed by atoms with van der Waals surface area (Å²) in [6.07, 6.45) is -0.515. The molecule has 0 aliphatic rings. The Labute approximate surface area is 134 Å². The lowest BCUT2D eigenvalue weighted by atomic mass is 10.1. The van der Waals surface area contributed by atoms with Crippen molar-refractivity contribution in [1.29, 1.82) is 0 Å². The summed E-state index contributed by atoms with van der Waals surface area (Å²) in [6.45, 7) is 4.84. The van der Waals surface area contributed by atoms with Gasteiger partial charge in [0, 0.05) is 18.8 Å². The van der Waals surface area contributed by atoms with Gasteiger partial charge in [-0.3, -0.25) is 5.84 Å². The van der Waals surface area contributed by atoms with Crippen LogP contribution < -0.4 is 20.7 Å². The lowest BCUT2D eigenvalue weighted by molar-refractivity contribution is -0.155. The van der Waals surface area contributed by atoms with Gasteiger partial charge in [-0.25, -0.2) is 5.43 Å². The third-order valence-corrected chi connectivity index (χ3v) is 3.72. The Morgan fingerprint density at radius 3 is 2.19 bits per heavy atom. The molecule has 1 unspecified atom stereocenters. The normalized spacial score (nSPS) is 12.5. The van der Waals surface area contributed by atoms with Gasteiger partial charge >= 0.3 is 0 Å². The molecule has 0 amide bonds. The molecule has 0 aromatic heterocycles. The Hall–Kier alpha value is -0.860. The second-order valence-corrected chi connectivity index (χ2v) is 4.92. The number of rotatable bonds is 9. The molecule has 6 nitrogen and oxygen atoms in total. The standard InChI is InChI=1S/C14H23BrN2O4/c1-5-20-14(21-6-2)12(17-16)9-7-8-10(18-3)11(15)13(9)19-4/h7-8,12,14,17H,5-6,16H2,1-4H3. The highest BCUT2D eigenvalue weighted by molar-refractivity contribution is 9.10. The van der Waals surface area contributed by atoms with Gasteiger partial charge in [0.1, 0.15) is 22.0 Å². The summed E-state index contributed by atoms with van der Waals surface area (Å²) in [5, 5.41) is 0. The van der Waals surface area contributed by atoms with E-state index in [1.165, 1.54) is 0 Å². The van der Waals surface area contributed by atoms with Crippen LogP contribution in [0.1, 0.15) is 25.5 Å². The summed E-state index contributed by atoms with van der Waals surface area (Å²) in [5.41, 5.74) is 3.55. The van der Waals surface area contributed by atoms with Gasteiger partial charge in [0.2, 0.25) is 0 Å². The monoisotopic (exact) mass is 362 g/mol. The van der Waals surface area contributed by atoms with Crippen molar-refractivity contribution in [3.8, 4) is 11.5 Å². The third-order valence-electron chi connectivity index (χ3n) is 2.96. The Kier molecular flexibility index (Phi) is 7.98. The van der Waals surface area contributed by atoms with Crippen LogP contribution in [0.2, 0.25) is 0 Å². The van der Waals surface area contributed by atoms with Gasteiger partial charge in [0.05, 0.1) is 14.2 Å². The zero-order valence-electron chi connectivity index (χ0n) is 12.8. The van der Waals surface area contributed by atoms with Crippen LogP contribution in [0.3, 0.4) is 0 Å². The van der Waals surface area contributed by atoms with Gasteiger partial charge in [-0.2, -0.15) is 0 Å². The predicted molar refractivity (Wildman–Crippen MR) is 84.4 cm³/mol. The van der Waals surface area contributed by atoms with Crippen molar-refractivity contribution in [2.24, 2.45) is 5.84 Å². The fraction of sp³-hybridized carbons (Fsp3) is 0.571. The van der Waals surface area contributed by atoms with E-state index in [1.54, 1.807) is 14.2 Å². The molecular formula is C14H23BrN2O4. The highest BCUT2D eigenvalue weighted by Crippen LogP contribution is 2.40. The molecule has 1 aromatic rings. The van der Waals surface area contributed by atoms with Gasteiger partial charge in [-0.05, 0) is 41.9 Å². The van der Waals surface area contributed by atoms with E-state index in [1.807, 2.05) is 26.0 Å². The number of benzene rings is 1. The summed E-state index contributed by atoms with van der Waals surface area (Å²) in [6, 6.07) is 3.33. The first-order valence-corrected chi connectivity index (χ1v) is 7.53. The summed E-state index contributed by atoms with van der Waals surface area (Å²) >= 11 is 3.48. The maximum Gasteiger partial charge on any atom is 0.178 e. The number of methoxy groups -OCH3 is 2. The Morgan fingerprint density at radius 2 is 1.76 bits per heavy atom. The molecule has 3 N–H and O–H groups in total. The molecule has 1 rings (SSSR count). The summed E-state index contributed by atoms with van der Waals surface area (Å²) in [4.78, 5) is 0. The van der Waals surface area contributed by atoms with E-state index in [2.05, 4.69) is 21.4 Å². The van der Waals surface area contributed by atoms with Crippen molar-refractivity contribution in [3.05, 3.63) is 22.2 Å². The van der Waals surface area contributed by atoms with Gasteiger partial charge in [-0.15, -0.1) is 0 Å². The minimum absolute atomic E-state index is 0.373. The lowest BCUT2D eigenvalue weighted by Gasteiger charge is -2.28. The van der Waals surface area contributed by atoms with Crippen LogP contribution in [0.25, 0.3) is 0 Å². The molecule has 0 aliphatic carbocycles. The maximum atomic E-state index is 5.70. The fourth-order valence-electron chi connectivity index (χ4n) is 2.05. The lowest BCUT2D eigenvalue weighted by Crippen LogP contribution is -2.39. The Balaban J connectivity index is 3.23. The minimum atomic E-state index is -0.515. The van der Waals surface area contributed by atoms with Crippen molar-refractivity contribution >= 4 is 15.9 Å². The second-order valence-electron chi connectivity index (χ2n) is 4.13. The number of hydrazine groups is 1. The van der Waals surface area contributed by atoms with E-state index in [-0.39, 0.29) is 6.04 Å². The van der Waals surface area contributed by atoms with Gasteiger partial charge in [-0.1, -0.05) is 0 Å². The SMILES string of the molecule is CCOC(OCC)C(NN)c1ccc(OC)c(Br)c1OC. The first-order valence-electron chi connectivity index (χ1n) is 6.74. The van der Waals surface area contributed by atoms with E-state index in [0.717, 1.165) is 10.0 Å². The zero-order valence-corrected chi connectivity index (χ0v) is 14.4. The van der Waals surface area contributed by atoms with E-state index >= 15 is 0 Å². The number of hydrogen-bond donors (Lipinski definition) is 2. The quantitative estimate of drug-likeness (QED) is 0.399. The summed E-state index contributed by atoms with van der Waals surface area (Å²) < 4.78 is 22.7. The summed E-state index contributed by atoms with van der Waals surface area (Å²) in [7, 11) is 3.19. The van der Waals surface area contributed by atoms with Crippen LogP contribution >= 0.6 is 15.9 Å². The summed E-state index contributed by atoms with van der Waals surface area (Å²) in [5.74, 6) is 7.00. The van der Waals surface area contributed by atoms with Crippen LogP contribution in [0.4, 0.5) is 0 Å². The highest BCUT2D eigenvalue weighted by atomic mass is 79.9. The van der Waals surface area contributed by atoms with E-state index < -0.39 is 6.29 Å². The predicted octanol–water partition coefficient (Wildman–Crippen LogP) is 2.37. The first kappa shape index (κ1) is 18.2. The molecular weight excluding hydrogens is 340 g/mol. The molecule has 0 heterocycles. The van der Waals surface area contributed by atoms with Crippen LogP contribution in [0, 0.1) is 0 Å². The molecule has 120 valence electrons. The highest BCUT2D eigenvalue weighted by Gasteiger charge is 2.28. The second kappa shape index (κ2) is 9.22. The van der Waals surface area contributed by atoms with Crippen molar-refractivity contribution in [1.82, 2.24) is 5.43 Å². The Morgan fingerprint density at radius 1 is 1.14 bits per heavy atom.